The Kier molecular flexibility index (Phi) is 11.5. The maximum absolute atomic E-state index is 14.0. The molecule has 1 atom stereocenters. The van der Waals surface area contributed by atoms with Gasteiger partial charge in [0.05, 0.1) is 53.4 Å². The highest BCUT2D eigenvalue weighted by molar-refractivity contribution is 6.05. The molecule has 4 rings (SSSR count). The third-order valence-electron chi connectivity index (χ3n) is 7.61. The first-order chi connectivity index (χ1) is 20.9. The second-order valence-electron chi connectivity index (χ2n) is 10.3. The van der Waals surface area contributed by atoms with Gasteiger partial charge in [0.1, 0.15) is 18.0 Å². The standard InChI is InChI=1S/C31H43N5O7/c1-6-11-32-31(38)35(13-12-34-14-16-43-17-15-34)21-30(37)36-26(22-7-10-27(40-3)29(18-22)42-5)20-25(33-36)24-9-8-23(39-2)19-28(24)41-4/h7-10,18-19,26H,6,11-17,20-21H2,1-5H3,(H,32,38). The number of benzene rings is 2. The Bertz CT molecular complexity index is 1280. The molecule has 0 radical (unpaired) electrons. The summed E-state index contributed by atoms with van der Waals surface area (Å²) in [4.78, 5) is 31.0. The maximum atomic E-state index is 14.0. The summed E-state index contributed by atoms with van der Waals surface area (Å²) in [7, 11) is 6.33. The Hall–Kier alpha value is -4.03. The van der Waals surface area contributed by atoms with Crippen molar-refractivity contribution in [1.29, 1.82) is 0 Å². The number of hydrazone groups is 1. The minimum Gasteiger partial charge on any atom is -0.497 e. The molecule has 2 aliphatic rings. The molecule has 1 unspecified atom stereocenters. The molecule has 43 heavy (non-hydrogen) atoms. The van der Waals surface area contributed by atoms with Gasteiger partial charge in [0.15, 0.2) is 11.5 Å². The van der Waals surface area contributed by atoms with Crippen molar-refractivity contribution in [3.63, 3.8) is 0 Å². The van der Waals surface area contributed by atoms with Crippen molar-refractivity contribution in [2.24, 2.45) is 5.10 Å². The van der Waals surface area contributed by atoms with Crippen LogP contribution in [0.3, 0.4) is 0 Å². The van der Waals surface area contributed by atoms with Crippen LogP contribution in [0.15, 0.2) is 41.5 Å². The van der Waals surface area contributed by atoms with Crippen molar-refractivity contribution < 1.29 is 33.3 Å². The number of methoxy groups -OCH3 is 4. The van der Waals surface area contributed by atoms with Crippen molar-refractivity contribution in [2.45, 2.75) is 25.8 Å². The SMILES string of the molecule is CCCNC(=O)N(CCN1CCOCC1)CC(=O)N1N=C(c2ccc(OC)cc2OC)CC1c1ccc(OC)c(OC)c1. The van der Waals surface area contributed by atoms with Gasteiger partial charge in [-0.1, -0.05) is 13.0 Å². The fraction of sp³-hybridized carbons (Fsp3) is 0.516. The predicted octanol–water partition coefficient (Wildman–Crippen LogP) is 3.15. The summed E-state index contributed by atoms with van der Waals surface area (Å²) in [6.07, 6.45) is 1.22. The first-order valence-electron chi connectivity index (χ1n) is 14.6. The van der Waals surface area contributed by atoms with Gasteiger partial charge in [-0.2, -0.15) is 5.10 Å². The van der Waals surface area contributed by atoms with E-state index < -0.39 is 6.04 Å². The fourth-order valence-corrected chi connectivity index (χ4v) is 5.18. The van der Waals surface area contributed by atoms with E-state index in [9.17, 15) is 9.59 Å². The van der Waals surface area contributed by atoms with Gasteiger partial charge in [-0.05, 0) is 36.2 Å². The minimum absolute atomic E-state index is 0.125. The van der Waals surface area contributed by atoms with E-state index in [0.29, 0.717) is 68.0 Å². The number of morpholine rings is 1. The van der Waals surface area contributed by atoms with Gasteiger partial charge in [0.25, 0.3) is 5.91 Å². The third kappa shape index (κ3) is 7.88. The largest absolute Gasteiger partial charge is 0.497 e. The first-order valence-corrected chi connectivity index (χ1v) is 14.6. The number of nitrogens with one attached hydrogen (secondary N) is 1. The second kappa shape index (κ2) is 15.4. The zero-order valence-corrected chi connectivity index (χ0v) is 25.8. The normalized spacial score (nSPS) is 16.8. The number of hydrogen-bond donors (Lipinski definition) is 1. The van der Waals surface area contributed by atoms with E-state index in [1.807, 2.05) is 37.3 Å². The van der Waals surface area contributed by atoms with Crippen molar-refractivity contribution >= 4 is 17.6 Å². The lowest BCUT2D eigenvalue weighted by atomic mass is 9.97. The average Bonchev–Trinajstić information content (AvgIpc) is 3.50. The van der Waals surface area contributed by atoms with Crippen LogP contribution in [0.25, 0.3) is 0 Å². The number of carbonyl (C=O) groups is 2. The molecule has 1 saturated heterocycles. The summed E-state index contributed by atoms with van der Waals surface area (Å²) >= 11 is 0. The maximum Gasteiger partial charge on any atom is 0.317 e. The van der Waals surface area contributed by atoms with E-state index in [-0.39, 0.29) is 18.5 Å². The summed E-state index contributed by atoms with van der Waals surface area (Å²) in [6.45, 7) is 6.35. The van der Waals surface area contributed by atoms with Crippen molar-refractivity contribution in [3.05, 3.63) is 47.5 Å². The molecule has 0 spiro atoms. The topological polar surface area (TPSA) is 114 Å². The molecule has 2 aliphatic heterocycles. The average molecular weight is 598 g/mol. The van der Waals surface area contributed by atoms with Crippen LogP contribution in [0.5, 0.6) is 23.0 Å². The highest BCUT2D eigenvalue weighted by atomic mass is 16.5. The summed E-state index contributed by atoms with van der Waals surface area (Å²) in [5, 5.41) is 9.23. The van der Waals surface area contributed by atoms with E-state index in [4.69, 9.17) is 28.8 Å². The van der Waals surface area contributed by atoms with Crippen molar-refractivity contribution in [2.75, 3.05) is 80.9 Å². The van der Waals surface area contributed by atoms with Crippen LogP contribution < -0.4 is 24.3 Å². The molecule has 0 bridgehead atoms. The van der Waals surface area contributed by atoms with Crippen LogP contribution in [0.2, 0.25) is 0 Å². The lowest BCUT2D eigenvalue weighted by Gasteiger charge is -2.31. The number of nitrogens with zero attached hydrogens (tertiary/aromatic N) is 4. The summed E-state index contributed by atoms with van der Waals surface area (Å²) in [6, 6.07) is 10.4. The van der Waals surface area contributed by atoms with Gasteiger partial charge in [-0.3, -0.25) is 9.69 Å². The molecule has 12 nitrogen and oxygen atoms in total. The molecule has 234 valence electrons. The van der Waals surface area contributed by atoms with Crippen LogP contribution in [0.4, 0.5) is 4.79 Å². The van der Waals surface area contributed by atoms with Gasteiger partial charge in [-0.25, -0.2) is 9.80 Å². The van der Waals surface area contributed by atoms with Crippen LogP contribution in [0, 0.1) is 0 Å². The molecule has 2 aromatic carbocycles. The van der Waals surface area contributed by atoms with Crippen molar-refractivity contribution in [1.82, 2.24) is 20.1 Å². The molecule has 0 saturated carbocycles. The van der Waals surface area contributed by atoms with Gasteiger partial charge < -0.3 is 33.9 Å². The molecule has 3 amide bonds. The number of hydrogen-bond acceptors (Lipinski definition) is 9. The van der Waals surface area contributed by atoms with E-state index in [2.05, 4.69) is 10.2 Å². The molecule has 1 fully saturated rings. The van der Waals surface area contributed by atoms with Crippen molar-refractivity contribution in [3.8, 4) is 23.0 Å². The molecule has 0 aromatic heterocycles. The molecular weight excluding hydrogens is 554 g/mol. The number of amides is 3. The first kappa shape index (κ1) is 31.9. The minimum atomic E-state index is -0.436. The van der Waals surface area contributed by atoms with Gasteiger partial charge in [0.2, 0.25) is 0 Å². The number of rotatable bonds is 13. The van der Waals surface area contributed by atoms with E-state index in [0.717, 1.165) is 30.6 Å². The van der Waals surface area contributed by atoms with Crippen LogP contribution in [0.1, 0.15) is 36.9 Å². The van der Waals surface area contributed by atoms with Gasteiger partial charge in [0, 0.05) is 50.8 Å². The second-order valence-corrected chi connectivity index (χ2v) is 10.3. The smallest absolute Gasteiger partial charge is 0.317 e. The highest BCUT2D eigenvalue weighted by Gasteiger charge is 2.36. The number of urea groups is 1. The predicted molar refractivity (Wildman–Crippen MR) is 162 cm³/mol. The Morgan fingerprint density at radius 3 is 2.40 bits per heavy atom. The summed E-state index contributed by atoms with van der Waals surface area (Å²) in [5.41, 5.74) is 2.27. The monoisotopic (exact) mass is 597 g/mol. The molecule has 0 aliphatic carbocycles. The number of ether oxygens (including phenoxy) is 5. The van der Waals surface area contributed by atoms with Gasteiger partial charge >= 0.3 is 6.03 Å². The van der Waals surface area contributed by atoms with Gasteiger partial charge in [-0.15, -0.1) is 0 Å². The highest BCUT2D eigenvalue weighted by Crippen LogP contribution is 2.39. The lowest BCUT2D eigenvalue weighted by molar-refractivity contribution is -0.133. The Morgan fingerprint density at radius 1 is 0.977 bits per heavy atom. The third-order valence-corrected chi connectivity index (χ3v) is 7.61. The zero-order chi connectivity index (χ0) is 30.8. The van der Waals surface area contributed by atoms with E-state index in [1.54, 1.807) is 39.4 Å². The summed E-state index contributed by atoms with van der Waals surface area (Å²) in [5.74, 6) is 2.08. The number of carbonyl (C=O) groups excluding carboxylic acids is 2. The quantitative estimate of drug-likeness (QED) is 0.375. The van der Waals surface area contributed by atoms with Crippen LogP contribution in [-0.4, -0.2) is 113 Å². The molecule has 2 heterocycles. The molecule has 1 N–H and O–H groups in total. The van der Waals surface area contributed by atoms with Crippen LogP contribution >= 0.6 is 0 Å². The molecule has 2 aromatic rings. The fourth-order valence-electron chi connectivity index (χ4n) is 5.18. The zero-order valence-electron chi connectivity index (χ0n) is 25.8. The molecular formula is C31H43N5O7. The molecule has 12 heteroatoms. The Balaban J connectivity index is 1.64. The Morgan fingerprint density at radius 2 is 1.72 bits per heavy atom. The summed E-state index contributed by atoms with van der Waals surface area (Å²) < 4.78 is 27.5. The lowest BCUT2D eigenvalue weighted by Crippen LogP contribution is -2.49. The van der Waals surface area contributed by atoms with E-state index in [1.165, 1.54) is 5.01 Å². The van der Waals surface area contributed by atoms with Crippen LogP contribution in [-0.2, 0) is 9.53 Å². The Labute approximate surface area is 253 Å². The van der Waals surface area contributed by atoms with E-state index >= 15 is 0 Å².